The van der Waals surface area contributed by atoms with Crippen LogP contribution in [0.4, 0.5) is 0 Å². The number of carbonyl (C=O) groups excluding carboxylic acids is 1. The standard InChI is InChI=1S/C12H22N2O2.ClH/c1-4-16-12(15)10-7-5-6-8-11(10)14(3)9-13-2;/h9-11H,4-8H2,1-3H3;1H/t10-,11+;/m0./s1. The maximum atomic E-state index is 11.8. The van der Waals surface area contributed by atoms with Gasteiger partial charge in [0.2, 0.25) is 0 Å². The second-order valence-electron chi connectivity index (χ2n) is 4.25. The minimum Gasteiger partial charge on any atom is -0.466 e. The molecule has 0 radical (unpaired) electrons. The first-order valence-electron chi connectivity index (χ1n) is 6.01. The summed E-state index contributed by atoms with van der Waals surface area (Å²) in [6.45, 7) is 2.32. The van der Waals surface area contributed by atoms with Gasteiger partial charge in [0.1, 0.15) is 0 Å². The molecule has 1 aliphatic rings. The monoisotopic (exact) mass is 262 g/mol. The molecule has 0 spiro atoms. The fraction of sp³-hybridized carbons (Fsp3) is 0.833. The highest BCUT2D eigenvalue weighted by Gasteiger charge is 2.33. The van der Waals surface area contributed by atoms with Crippen LogP contribution in [0.5, 0.6) is 0 Å². The topological polar surface area (TPSA) is 41.9 Å². The molecule has 0 N–H and O–H groups in total. The number of ether oxygens (including phenoxy) is 1. The molecule has 1 aliphatic carbocycles. The average Bonchev–Trinajstić information content (AvgIpc) is 2.30. The van der Waals surface area contributed by atoms with Crippen LogP contribution in [0.3, 0.4) is 0 Å². The van der Waals surface area contributed by atoms with E-state index in [1.165, 1.54) is 6.42 Å². The maximum absolute atomic E-state index is 11.8. The quantitative estimate of drug-likeness (QED) is 0.443. The van der Waals surface area contributed by atoms with Crippen molar-refractivity contribution < 1.29 is 9.53 Å². The summed E-state index contributed by atoms with van der Waals surface area (Å²) in [5.41, 5.74) is 0. The highest BCUT2D eigenvalue weighted by atomic mass is 35.5. The smallest absolute Gasteiger partial charge is 0.311 e. The third-order valence-electron chi connectivity index (χ3n) is 3.14. The highest BCUT2D eigenvalue weighted by molar-refractivity contribution is 5.85. The molecule has 0 aromatic carbocycles. The van der Waals surface area contributed by atoms with Crippen LogP contribution >= 0.6 is 12.4 Å². The van der Waals surface area contributed by atoms with Gasteiger partial charge in [0.15, 0.2) is 0 Å². The molecule has 0 heterocycles. The number of hydrogen-bond acceptors (Lipinski definition) is 3. The Morgan fingerprint density at radius 3 is 2.71 bits per heavy atom. The summed E-state index contributed by atoms with van der Waals surface area (Å²) in [5, 5.41) is 0. The van der Waals surface area contributed by atoms with Crippen LogP contribution in [0.2, 0.25) is 0 Å². The maximum Gasteiger partial charge on any atom is 0.311 e. The molecule has 1 rings (SSSR count). The van der Waals surface area contributed by atoms with Gasteiger partial charge in [-0.2, -0.15) is 0 Å². The van der Waals surface area contributed by atoms with Gasteiger partial charge in [0.05, 0.1) is 18.9 Å². The Labute approximate surface area is 110 Å². The van der Waals surface area contributed by atoms with E-state index in [0.29, 0.717) is 6.61 Å². The lowest BCUT2D eigenvalue weighted by Gasteiger charge is -2.35. The molecule has 1 saturated carbocycles. The van der Waals surface area contributed by atoms with Crippen LogP contribution in [-0.4, -0.2) is 44.0 Å². The van der Waals surface area contributed by atoms with E-state index in [2.05, 4.69) is 4.99 Å². The van der Waals surface area contributed by atoms with Crippen molar-refractivity contribution in [3.05, 3.63) is 0 Å². The summed E-state index contributed by atoms with van der Waals surface area (Å²) in [6, 6.07) is 0.247. The summed E-state index contributed by atoms with van der Waals surface area (Å²) >= 11 is 0. The van der Waals surface area contributed by atoms with Gasteiger partial charge < -0.3 is 9.64 Å². The largest absolute Gasteiger partial charge is 0.466 e. The number of hydrogen-bond donors (Lipinski definition) is 0. The van der Waals surface area contributed by atoms with E-state index in [4.69, 9.17) is 4.74 Å². The molecule has 0 aromatic rings. The summed E-state index contributed by atoms with van der Waals surface area (Å²) in [7, 11) is 3.73. The molecule has 0 bridgehead atoms. The number of halogens is 1. The molecule has 1 fully saturated rings. The van der Waals surface area contributed by atoms with Crippen LogP contribution < -0.4 is 0 Å². The second-order valence-corrected chi connectivity index (χ2v) is 4.25. The number of carbonyl (C=O) groups is 1. The van der Waals surface area contributed by atoms with E-state index < -0.39 is 0 Å². The predicted octanol–water partition coefficient (Wildman–Crippen LogP) is 2.12. The van der Waals surface area contributed by atoms with Crippen LogP contribution in [-0.2, 0) is 9.53 Å². The Hall–Kier alpha value is -0.770. The van der Waals surface area contributed by atoms with Gasteiger partial charge in [-0.15, -0.1) is 12.4 Å². The summed E-state index contributed by atoms with van der Waals surface area (Å²) in [6.07, 6.45) is 6.08. The highest BCUT2D eigenvalue weighted by Crippen LogP contribution is 2.28. The van der Waals surface area contributed by atoms with Crippen molar-refractivity contribution in [3.63, 3.8) is 0 Å². The van der Waals surface area contributed by atoms with Crippen LogP contribution in [0.1, 0.15) is 32.6 Å². The Morgan fingerprint density at radius 2 is 2.12 bits per heavy atom. The van der Waals surface area contributed by atoms with Gasteiger partial charge >= 0.3 is 5.97 Å². The van der Waals surface area contributed by atoms with Crippen molar-refractivity contribution in [2.45, 2.75) is 38.6 Å². The van der Waals surface area contributed by atoms with E-state index in [1.54, 1.807) is 13.4 Å². The van der Waals surface area contributed by atoms with Crippen molar-refractivity contribution in [2.75, 3.05) is 20.7 Å². The Balaban J connectivity index is 0.00000256. The molecule has 5 heteroatoms. The van der Waals surface area contributed by atoms with E-state index in [1.807, 2.05) is 18.9 Å². The first-order chi connectivity index (χ1) is 7.70. The normalized spacial score (nSPS) is 24.2. The van der Waals surface area contributed by atoms with Crippen LogP contribution in [0.25, 0.3) is 0 Å². The van der Waals surface area contributed by atoms with Crippen molar-refractivity contribution in [3.8, 4) is 0 Å². The molecule has 0 aliphatic heterocycles. The Morgan fingerprint density at radius 1 is 1.47 bits per heavy atom. The van der Waals surface area contributed by atoms with Crippen LogP contribution in [0.15, 0.2) is 4.99 Å². The van der Waals surface area contributed by atoms with Gasteiger partial charge in [-0.3, -0.25) is 9.79 Å². The van der Waals surface area contributed by atoms with Crippen LogP contribution in [0, 0.1) is 5.92 Å². The van der Waals surface area contributed by atoms with Gasteiger partial charge in [0.25, 0.3) is 0 Å². The van der Waals surface area contributed by atoms with Gasteiger partial charge in [-0.1, -0.05) is 12.8 Å². The number of esters is 1. The van der Waals surface area contributed by atoms with Gasteiger partial charge in [0, 0.05) is 20.1 Å². The molecule has 4 nitrogen and oxygen atoms in total. The third-order valence-corrected chi connectivity index (χ3v) is 3.14. The number of rotatable bonds is 4. The lowest BCUT2D eigenvalue weighted by molar-refractivity contribution is -0.151. The number of nitrogens with zero attached hydrogens (tertiary/aromatic N) is 2. The van der Waals surface area contributed by atoms with E-state index in [-0.39, 0.29) is 30.3 Å². The lowest BCUT2D eigenvalue weighted by Crippen LogP contribution is -2.43. The molecule has 0 saturated heterocycles. The van der Waals surface area contributed by atoms with Gasteiger partial charge in [-0.25, -0.2) is 0 Å². The lowest BCUT2D eigenvalue weighted by atomic mass is 9.84. The first kappa shape index (κ1) is 16.2. The molecule has 0 amide bonds. The molecule has 2 atom stereocenters. The summed E-state index contributed by atoms with van der Waals surface area (Å²) in [5.74, 6) is -0.0414. The molecule has 100 valence electrons. The van der Waals surface area contributed by atoms with Crippen molar-refractivity contribution in [2.24, 2.45) is 10.9 Å². The van der Waals surface area contributed by atoms with E-state index in [0.717, 1.165) is 19.3 Å². The molecule has 0 aromatic heterocycles. The van der Waals surface area contributed by atoms with Gasteiger partial charge in [-0.05, 0) is 19.8 Å². The number of aliphatic imine (C=N–C) groups is 1. The average molecular weight is 263 g/mol. The fourth-order valence-corrected chi connectivity index (χ4v) is 2.39. The zero-order valence-electron chi connectivity index (χ0n) is 10.9. The summed E-state index contributed by atoms with van der Waals surface area (Å²) in [4.78, 5) is 17.9. The van der Waals surface area contributed by atoms with Crippen molar-refractivity contribution in [1.29, 1.82) is 0 Å². The first-order valence-corrected chi connectivity index (χ1v) is 6.01. The van der Waals surface area contributed by atoms with E-state index in [9.17, 15) is 4.79 Å². The molecular formula is C12H23ClN2O2. The minimum absolute atomic E-state index is 0. The third kappa shape index (κ3) is 4.54. The predicted molar refractivity (Wildman–Crippen MR) is 71.8 cm³/mol. The molecular weight excluding hydrogens is 240 g/mol. The summed E-state index contributed by atoms with van der Waals surface area (Å²) < 4.78 is 5.13. The minimum atomic E-state index is -0.0523. The van der Waals surface area contributed by atoms with Crippen molar-refractivity contribution >= 4 is 24.7 Å². The Kier molecular flexibility index (Phi) is 7.96. The molecule has 0 unspecified atom stereocenters. The zero-order chi connectivity index (χ0) is 12.0. The second kappa shape index (κ2) is 8.34. The van der Waals surface area contributed by atoms with E-state index >= 15 is 0 Å². The Bertz CT molecular complexity index is 259. The zero-order valence-corrected chi connectivity index (χ0v) is 11.7. The SMILES string of the molecule is CCOC(=O)[C@H]1CCCC[C@H]1N(C)C=NC.Cl. The fourth-order valence-electron chi connectivity index (χ4n) is 2.39. The van der Waals surface area contributed by atoms with Crippen molar-refractivity contribution in [1.82, 2.24) is 4.90 Å². The molecule has 17 heavy (non-hydrogen) atoms.